The molecule has 3 atom stereocenters. The molecule has 1 aliphatic heterocycles. The molecule has 36 heavy (non-hydrogen) atoms. The maximum Gasteiger partial charge on any atom is 0.394 e. The van der Waals surface area contributed by atoms with Crippen LogP contribution in [0.5, 0.6) is 0 Å². The molecule has 0 unspecified atom stereocenters. The Morgan fingerprint density at radius 2 is 1.75 bits per heavy atom. The molecule has 0 radical (unpaired) electrons. The maximum atomic E-state index is 13.8. The number of amides is 2. The Morgan fingerprint density at radius 3 is 2.25 bits per heavy atom. The highest BCUT2D eigenvalue weighted by atomic mass is 32.3. The number of likely N-dealkylation sites (N-methyl/N-ethyl adjacent to an activating group) is 1. The Bertz CT molecular complexity index is 825. The molecule has 1 heterocycles. The smallest absolute Gasteiger partial charge is 0.370 e. The van der Waals surface area contributed by atoms with Crippen LogP contribution in [-0.2, 0) is 24.8 Å². The van der Waals surface area contributed by atoms with Crippen LogP contribution in [0.4, 0.5) is 0 Å². The van der Waals surface area contributed by atoms with E-state index < -0.39 is 22.5 Å². The van der Waals surface area contributed by atoms with Crippen LogP contribution in [-0.4, -0.2) is 95.7 Å². The average Bonchev–Trinajstić information content (AvgIpc) is 3.14. The molecular formula is C22H42N6O7S. The first-order valence-corrected chi connectivity index (χ1v) is 13.8. The summed E-state index contributed by atoms with van der Waals surface area (Å²) in [7, 11) is -2.93. The second-order valence-corrected chi connectivity index (χ2v) is 10.1. The minimum atomic E-state index is -4.67. The van der Waals surface area contributed by atoms with E-state index >= 15 is 0 Å². The number of hydrogen-bond donors (Lipinski definition) is 6. The zero-order valence-electron chi connectivity index (χ0n) is 21.2. The molecule has 1 aliphatic carbocycles. The van der Waals surface area contributed by atoms with Crippen LogP contribution in [0.1, 0.15) is 71.1 Å². The van der Waals surface area contributed by atoms with E-state index in [1.54, 1.807) is 11.9 Å². The molecular weight excluding hydrogens is 492 g/mol. The molecule has 0 aromatic carbocycles. The Kier molecular flexibility index (Phi) is 13.9. The van der Waals surface area contributed by atoms with Crippen molar-refractivity contribution in [3.63, 3.8) is 0 Å². The van der Waals surface area contributed by atoms with Crippen molar-refractivity contribution < 1.29 is 31.9 Å². The summed E-state index contributed by atoms with van der Waals surface area (Å²) in [5, 5.41) is 13.0. The molecule has 2 fully saturated rings. The molecule has 0 aromatic heterocycles. The number of nitrogens with two attached hydrogens (primary N) is 1. The standard InChI is InChI=1S/C22H40N6O3.H2O4S/c1-16(25-2)20(30)27-14-8-12-19(27)21(31)28(17-9-5-3-4-6-10-17)18(15-29)11-7-13-26-22(23)24;1-5(2,3)4/h15-19,25H,3-14H2,1-2H3,(H4,23,24,26);(H2,1,2,3,4)/t16-,18-,19-;/m0./s1. The summed E-state index contributed by atoms with van der Waals surface area (Å²) in [5.74, 6) is -0.247. The third kappa shape index (κ3) is 11.2. The summed E-state index contributed by atoms with van der Waals surface area (Å²) in [6, 6.07) is -1.34. The summed E-state index contributed by atoms with van der Waals surface area (Å²) in [6.45, 7) is 2.87. The highest BCUT2D eigenvalue weighted by molar-refractivity contribution is 7.79. The van der Waals surface area contributed by atoms with Gasteiger partial charge >= 0.3 is 10.4 Å². The molecule has 13 nitrogen and oxygen atoms in total. The van der Waals surface area contributed by atoms with Crippen LogP contribution in [0.3, 0.4) is 0 Å². The molecule has 14 heteroatoms. The predicted molar refractivity (Wildman–Crippen MR) is 135 cm³/mol. The van der Waals surface area contributed by atoms with Crippen molar-refractivity contribution in [1.29, 1.82) is 5.41 Å². The van der Waals surface area contributed by atoms with Crippen LogP contribution in [0, 0.1) is 5.41 Å². The molecule has 2 aliphatic rings. The zero-order valence-corrected chi connectivity index (χ0v) is 22.0. The lowest BCUT2D eigenvalue weighted by Crippen LogP contribution is -2.57. The molecule has 1 saturated carbocycles. The molecule has 0 aromatic rings. The Balaban J connectivity index is 0.00000118. The SMILES string of the molecule is CN[C@@H](C)C(=O)N1CCC[C@H]1C(=O)N(C1CCCCCC1)[C@H](C=O)CCCNC(=N)N.O=S(=O)(O)O. The summed E-state index contributed by atoms with van der Waals surface area (Å²) in [5.41, 5.74) is 5.34. The molecule has 0 bridgehead atoms. The summed E-state index contributed by atoms with van der Waals surface area (Å²) in [6.07, 6.45) is 9.67. The monoisotopic (exact) mass is 534 g/mol. The largest absolute Gasteiger partial charge is 0.394 e. The quantitative estimate of drug-likeness (QED) is 0.0565. The number of guanidine groups is 1. The number of rotatable bonds is 10. The number of carbonyl (C=O) groups is 3. The highest BCUT2D eigenvalue weighted by Crippen LogP contribution is 2.28. The minimum Gasteiger partial charge on any atom is -0.370 e. The van der Waals surface area contributed by atoms with Gasteiger partial charge in [-0.05, 0) is 52.5 Å². The number of nitrogens with one attached hydrogen (secondary N) is 3. The maximum absolute atomic E-state index is 13.8. The van der Waals surface area contributed by atoms with Crippen molar-refractivity contribution in [2.45, 2.75) is 95.3 Å². The van der Waals surface area contributed by atoms with E-state index in [1.807, 2.05) is 11.8 Å². The lowest BCUT2D eigenvalue weighted by Gasteiger charge is -2.39. The van der Waals surface area contributed by atoms with Crippen molar-refractivity contribution in [2.24, 2.45) is 5.73 Å². The number of hydrogen-bond acceptors (Lipinski definition) is 7. The fraction of sp³-hybridized carbons (Fsp3) is 0.818. The van der Waals surface area contributed by atoms with Crippen LogP contribution in [0.2, 0.25) is 0 Å². The minimum absolute atomic E-state index is 0.0326. The second kappa shape index (κ2) is 15.7. The van der Waals surface area contributed by atoms with Gasteiger partial charge in [0.25, 0.3) is 0 Å². The van der Waals surface area contributed by atoms with Crippen molar-refractivity contribution in [2.75, 3.05) is 20.1 Å². The van der Waals surface area contributed by atoms with Gasteiger partial charge in [0.2, 0.25) is 11.8 Å². The molecule has 1 saturated heterocycles. The molecule has 0 spiro atoms. The van der Waals surface area contributed by atoms with E-state index in [-0.39, 0.29) is 29.9 Å². The molecule has 2 amide bonds. The average molecular weight is 535 g/mol. The zero-order chi connectivity index (χ0) is 27.3. The molecule has 208 valence electrons. The van der Waals surface area contributed by atoms with Crippen LogP contribution in [0.25, 0.3) is 0 Å². The molecule has 7 N–H and O–H groups in total. The van der Waals surface area contributed by atoms with Crippen molar-refractivity contribution in [1.82, 2.24) is 20.4 Å². The van der Waals surface area contributed by atoms with Crippen LogP contribution in [0.15, 0.2) is 0 Å². The normalized spacial score (nSPS) is 20.3. The van der Waals surface area contributed by atoms with Crippen molar-refractivity contribution in [3.8, 4) is 0 Å². The van der Waals surface area contributed by atoms with E-state index in [2.05, 4.69) is 10.6 Å². The number of likely N-dealkylation sites (tertiary alicyclic amines) is 1. The van der Waals surface area contributed by atoms with Gasteiger partial charge in [0.05, 0.1) is 12.1 Å². The fourth-order valence-corrected chi connectivity index (χ4v) is 4.79. The topological polar surface area (TPSA) is 206 Å². The second-order valence-electron chi connectivity index (χ2n) is 9.22. The van der Waals surface area contributed by atoms with Gasteiger partial charge in [0.1, 0.15) is 12.3 Å². The van der Waals surface area contributed by atoms with E-state index in [0.29, 0.717) is 32.4 Å². The van der Waals surface area contributed by atoms with Gasteiger partial charge < -0.3 is 31.0 Å². The number of carbonyl (C=O) groups excluding carboxylic acids is 3. The third-order valence-electron chi connectivity index (χ3n) is 6.60. The van der Waals surface area contributed by atoms with Gasteiger partial charge in [-0.3, -0.25) is 24.1 Å². The summed E-state index contributed by atoms with van der Waals surface area (Å²) in [4.78, 5) is 42.3. The van der Waals surface area contributed by atoms with Gasteiger partial charge in [-0.1, -0.05) is 25.7 Å². The van der Waals surface area contributed by atoms with Crippen molar-refractivity contribution in [3.05, 3.63) is 0 Å². The van der Waals surface area contributed by atoms with Gasteiger partial charge in [0.15, 0.2) is 5.96 Å². The van der Waals surface area contributed by atoms with Gasteiger partial charge in [-0.15, -0.1) is 0 Å². The number of aldehydes is 1. The van der Waals surface area contributed by atoms with Crippen LogP contribution >= 0.6 is 0 Å². The fourth-order valence-electron chi connectivity index (χ4n) is 4.79. The summed E-state index contributed by atoms with van der Waals surface area (Å²) >= 11 is 0. The van der Waals surface area contributed by atoms with E-state index in [9.17, 15) is 14.4 Å². The Hall–Kier alpha value is -2.29. The first kappa shape index (κ1) is 31.7. The Labute approximate surface area is 213 Å². The first-order valence-electron chi connectivity index (χ1n) is 12.4. The van der Waals surface area contributed by atoms with Gasteiger partial charge in [-0.2, -0.15) is 8.42 Å². The third-order valence-corrected chi connectivity index (χ3v) is 6.60. The van der Waals surface area contributed by atoms with E-state index in [4.69, 9.17) is 28.7 Å². The van der Waals surface area contributed by atoms with E-state index in [1.165, 1.54) is 0 Å². The summed E-state index contributed by atoms with van der Waals surface area (Å²) < 4.78 is 31.6. The predicted octanol–water partition coefficient (Wildman–Crippen LogP) is 0.315. The van der Waals surface area contributed by atoms with Crippen molar-refractivity contribution >= 4 is 34.5 Å². The molecule has 2 rings (SSSR count). The first-order chi connectivity index (χ1) is 16.9. The van der Waals surface area contributed by atoms with E-state index in [0.717, 1.165) is 51.2 Å². The lowest BCUT2D eigenvalue weighted by molar-refractivity contribution is -0.149. The van der Waals surface area contributed by atoms with Gasteiger partial charge in [0, 0.05) is 19.1 Å². The number of nitrogens with zero attached hydrogens (tertiary/aromatic N) is 2. The van der Waals surface area contributed by atoms with Gasteiger partial charge in [-0.25, -0.2) is 0 Å². The Morgan fingerprint density at radius 1 is 1.17 bits per heavy atom. The highest BCUT2D eigenvalue weighted by Gasteiger charge is 2.41. The lowest BCUT2D eigenvalue weighted by atomic mass is 10.00. The van der Waals surface area contributed by atoms with Crippen LogP contribution < -0.4 is 16.4 Å².